The molecule has 0 unspecified atom stereocenters. The van der Waals surface area contributed by atoms with Crippen LogP contribution in [0.3, 0.4) is 0 Å². The summed E-state index contributed by atoms with van der Waals surface area (Å²) in [7, 11) is -11.9. The Balaban J connectivity index is 0.000000136. The first-order valence-electron chi connectivity index (χ1n) is 34.5. The molecule has 7 heterocycles. The second kappa shape index (κ2) is 29.0. The summed E-state index contributed by atoms with van der Waals surface area (Å²) in [6.07, 6.45) is 32.1. The Labute approximate surface area is 603 Å². The number of aryl methyl sites for hydroxylation is 1. The third kappa shape index (κ3) is 13.7. The van der Waals surface area contributed by atoms with Crippen LogP contribution in [0.1, 0.15) is 122 Å². The SMILES string of the molecule is C.Cc1c[nH]c(=O)c2cccc(S(=O)(=O)N3CCC4=C3C=C(C#N)C=C(CC3CCC3)C4)c12.N#CC1=CC2=C(CCN2S(=O)(=O)c2cccc3c(=O)[nH]cc(Cl)c23)CC(CC2CCC2)=C1.N#CC1=CC2=C(CCN2S(=O)(=O)c2cccc3c(=O)[nH]cc(Cl)c23)CC(NCCN2C[C@H]3CC[C@@H]2C3)=C1. The van der Waals surface area contributed by atoms with Crippen molar-refractivity contribution in [1.82, 2.24) is 38.1 Å². The Morgan fingerprint density at radius 1 is 0.529 bits per heavy atom. The van der Waals surface area contributed by atoms with E-state index in [9.17, 15) is 55.4 Å². The number of aromatic nitrogens is 3. The van der Waals surface area contributed by atoms with Gasteiger partial charge in [0.25, 0.3) is 46.7 Å². The number of allylic oxidation sites excluding steroid dienone is 12. The topological polar surface area (TPSA) is 297 Å². The van der Waals surface area contributed by atoms with Crippen LogP contribution in [0.2, 0.25) is 10.0 Å². The zero-order chi connectivity index (χ0) is 70.6. The summed E-state index contributed by atoms with van der Waals surface area (Å²) in [4.78, 5) is 47.3. The summed E-state index contributed by atoms with van der Waals surface area (Å²) in [6, 6.07) is 21.4. The Bertz CT molecular complexity index is 5280. The summed E-state index contributed by atoms with van der Waals surface area (Å²) in [5.41, 5.74) is 9.10. The molecule has 528 valence electrons. The normalized spacial score (nSPS) is 20.6. The van der Waals surface area contributed by atoms with Gasteiger partial charge in [-0.25, -0.2) is 25.3 Å². The number of nitriles is 3. The Hall–Kier alpha value is -8.99. The standard InChI is InChI=1S/C27H28ClN5O3S.C25H25N3O3S.C24H22ClN3O3S.CH4/c28-23-15-31-27(34)22-2-1-3-25(26(22)23)37(35,36)33-8-6-19-13-20(10-18(14-29)12-24(19)33)30-7-9-32-16-17-4-5-21(32)11-17;1-16-15-27-25(29)21-6-3-7-23(24(16)21)32(30,31)28-9-8-20-12-18(10-17-4-2-5-17)11-19(14-26)13-22(20)28;25-20-14-27-24(29)19-5-2-6-22(23(19)20)32(30,31)28-8-7-18-11-16(9-15-3-1-4-15)10-17(13-26)12-21(18)28;/h1-3,10,12,15,17,21,30H,4-9,11,13,16H2,(H,31,34);3,6-7,11,13,15,17H,2,4-5,8-10,12H2,1H3,(H,27,29);2,5-6,10,12,14-15H,1,3-4,7-9,11H2,(H,27,29);1H4/t17-,21+;;;/m0.../s1. The highest BCUT2D eigenvalue weighted by Crippen LogP contribution is 2.45. The number of nitrogens with one attached hydrogen (secondary N) is 4. The third-order valence-corrected chi connectivity index (χ3v) is 27.8. The largest absolute Gasteiger partial charge is 0.387 e. The van der Waals surface area contributed by atoms with Gasteiger partial charge in [0.2, 0.25) is 0 Å². The van der Waals surface area contributed by atoms with E-state index in [1.54, 1.807) is 73.8 Å². The molecule has 1 saturated heterocycles. The molecule has 102 heavy (non-hydrogen) atoms. The van der Waals surface area contributed by atoms with Crippen LogP contribution in [-0.4, -0.2) is 103 Å². The highest BCUT2D eigenvalue weighted by atomic mass is 35.5. The average molecular weight is 1470 g/mol. The number of H-pyrrole nitrogens is 3. The van der Waals surface area contributed by atoms with Crippen LogP contribution in [0.5, 0.6) is 0 Å². The van der Waals surface area contributed by atoms with E-state index in [-0.39, 0.29) is 65.8 Å². The lowest BCUT2D eigenvalue weighted by molar-refractivity contribution is 0.216. The first-order chi connectivity index (χ1) is 48.6. The molecule has 16 rings (SSSR count). The van der Waals surface area contributed by atoms with Crippen molar-refractivity contribution in [3.05, 3.63) is 224 Å². The van der Waals surface area contributed by atoms with Crippen molar-refractivity contribution in [2.24, 2.45) is 17.8 Å². The van der Waals surface area contributed by atoms with Gasteiger partial charge in [0.05, 0.1) is 76.7 Å². The van der Waals surface area contributed by atoms with Gasteiger partial charge >= 0.3 is 0 Å². The lowest BCUT2D eigenvalue weighted by Crippen LogP contribution is -2.37. The average Bonchev–Trinajstić information content (AvgIpc) is 1.33. The van der Waals surface area contributed by atoms with E-state index in [1.807, 2.05) is 18.2 Å². The number of rotatable bonds is 14. The lowest BCUT2D eigenvalue weighted by Gasteiger charge is -2.27. The van der Waals surface area contributed by atoms with Crippen LogP contribution in [0, 0.1) is 58.7 Å². The molecule has 2 bridgehead atoms. The number of likely N-dealkylation sites (tertiary alicyclic amines) is 1. The zero-order valence-electron chi connectivity index (χ0n) is 55.8. The van der Waals surface area contributed by atoms with Crippen molar-refractivity contribution in [1.29, 1.82) is 15.8 Å². The predicted molar refractivity (Wildman–Crippen MR) is 396 cm³/mol. The van der Waals surface area contributed by atoms with Crippen molar-refractivity contribution < 1.29 is 25.3 Å². The summed E-state index contributed by atoms with van der Waals surface area (Å²) in [5, 5.41) is 34.7. The molecule has 3 saturated carbocycles. The monoisotopic (exact) mass is 1470 g/mol. The first kappa shape index (κ1) is 71.4. The fraction of sp³-hybridized carbons (Fsp3) is 0.377. The van der Waals surface area contributed by atoms with Crippen molar-refractivity contribution in [3.63, 3.8) is 0 Å². The summed E-state index contributed by atoms with van der Waals surface area (Å²) in [6.45, 7) is 5.65. The van der Waals surface area contributed by atoms with Crippen LogP contribution in [0.25, 0.3) is 32.3 Å². The summed E-state index contributed by atoms with van der Waals surface area (Å²) < 4.78 is 87.2. The molecule has 2 atom stereocenters. The van der Waals surface area contributed by atoms with Gasteiger partial charge in [-0.2, -0.15) is 15.8 Å². The maximum absolute atomic E-state index is 13.9. The molecule has 0 spiro atoms. The molecule has 0 radical (unpaired) electrons. The van der Waals surface area contributed by atoms with Gasteiger partial charge in [-0.1, -0.05) is 98.5 Å². The van der Waals surface area contributed by atoms with Gasteiger partial charge < -0.3 is 20.3 Å². The molecule has 4 aliphatic heterocycles. The smallest absolute Gasteiger partial charge is 0.265 e. The number of aromatic amines is 3. The van der Waals surface area contributed by atoms with E-state index in [0.29, 0.717) is 120 Å². The quantitative estimate of drug-likeness (QED) is 0.0788. The Kier molecular flexibility index (Phi) is 20.3. The molecule has 3 aromatic carbocycles. The van der Waals surface area contributed by atoms with Crippen molar-refractivity contribution in [2.45, 2.75) is 144 Å². The van der Waals surface area contributed by atoms with E-state index < -0.39 is 41.2 Å². The van der Waals surface area contributed by atoms with Gasteiger partial charge in [-0.15, -0.1) is 0 Å². The van der Waals surface area contributed by atoms with Crippen molar-refractivity contribution in [2.75, 3.05) is 39.3 Å². The number of hydrogen-bond acceptors (Lipinski definition) is 14. The maximum atomic E-state index is 13.9. The molecule has 4 N–H and O–H groups in total. The van der Waals surface area contributed by atoms with E-state index in [4.69, 9.17) is 23.2 Å². The van der Waals surface area contributed by atoms with Crippen molar-refractivity contribution in [3.8, 4) is 18.2 Å². The first-order valence-corrected chi connectivity index (χ1v) is 39.6. The molecular formula is C77H79Cl2N11O9S3. The molecule has 0 amide bonds. The minimum Gasteiger partial charge on any atom is -0.387 e. The maximum Gasteiger partial charge on any atom is 0.265 e. The minimum absolute atomic E-state index is 0. The summed E-state index contributed by atoms with van der Waals surface area (Å²) >= 11 is 12.7. The second-order valence-corrected chi connectivity index (χ2v) is 34.2. The van der Waals surface area contributed by atoms with Crippen LogP contribution < -0.4 is 22.0 Å². The Morgan fingerprint density at radius 3 is 1.34 bits per heavy atom. The van der Waals surface area contributed by atoms with Gasteiger partial charge in [-0.05, 0) is 184 Å². The van der Waals surface area contributed by atoms with E-state index >= 15 is 0 Å². The number of piperidine rings is 1. The van der Waals surface area contributed by atoms with Gasteiger partial charge in [0.15, 0.2) is 0 Å². The fourth-order valence-corrected chi connectivity index (χ4v) is 22.1. The second-order valence-electron chi connectivity index (χ2n) is 27.9. The molecule has 4 fully saturated rings. The highest BCUT2D eigenvalue weighted by Gasteiger charge is 2.41. The minimum atomic E-state index is -4.04. The molecule has 6 aliphatic carbocycles. The molecular weight excluding hydrogens is 1390 g/mol. The van der Waals surface area contributed by atoms with E-state index in [1.165, 1.54) is 113 Å². The van der Waals surface area contributed by atoms with Crippen LogP contribution in [0.4, 0.5) is 0 Å². The molecule has 10 aliphatic rings. The molecule has 20 nitrogen and oxygen atoms in total. The fourth-order valence-electron chi connectivity index (χ4n) is 16.2. The van der Waals surface area contributed by atoms with Gasteiger partial charge in [0, 0.05) is 108 Å². The van der Waals surface area contributed by atoms with E-state index in [2.05, 4.69) is 43.4 Å². The van der Waals surface area contributed by atoms with E-state index in [0.717, 1.165) is 54.3 Å². The highest BCUT2D eigenvalue weighted by molar-refractivity contribution is 7.90. The van der Waals surface area contributed by atoms with Crippen LogP contribution in [0.15, 0.2) is 206 Å². The number of fused-ring (bicyclic) bond motifs is 5. The number of sulfonamides is 3. The number of nitrogens with zero attached hydrogens (tertiary/aromatic N) is 7. The third-order valence-electron chi connectivity index (χ3n) is 21.6. The van der Waals surface area contributed by atoms with Crippen LogP contribution in [-0.2, 0) is 30.1 Å². The summed E-state index contributed by atoms with van der Waals surface area (Å²) in [5.74, 6) is 2.20. The lowest BCUT2D eigenvalue weighted by atomic mass is 9.79. The predicted octanol–water partition coefficient (Wildman–Crippen LogP) is 13.5. The molecule has 6 aromatic rings. The number of hydrogen-bond donors (Lipinski definition) is 4. The molecule has 3 aromatic heterocycles. The zero-order valence-corrected chi connectivity index (χ0v) is 59.7. The van der Waals surface area contributed by atoms with Gasteiger partial charge in [-0.3, -0.25) is 32.2 Å². The number of benzene rings is 3. The molecule has 25 heteroatoms. The van der Waals surface area contributed by atoms with Crippen LogP contribution >= 0.6 is 23.2 Å². The van der Waals surface area contributed by atoms with Crippen molar-refractivity contribution >= 4 is 85.6 Å². The van der Waals surface area contributed by atoms with Gasteiger partial charge in [0.1, 0.15) is 0 Å². The Morgan fingerprint density at radius 2 is 0.941 bits per heavy atom. The number of halogens is 2. The number of pyridine rings is 3.